The average Bonchev–Trinajstić information content (AvgIpc) is 3.27. The van der Waals surface area contributed by atoms with Crippen LogP contribution in [0.2, 0.25) is 0 Å². The summed E-state index contributed by atoms with van der Waals surface area (Å²) in [7, 11) is 1.52. The summed E-state index contributed by atoms with van der Waals surface area (Å²) < 4.78 is 11.0. The molecule has 37 heavy (non-hydrogen) atoms. The van der Waals surface area contributed by atoms with Crippen molar-refractivity contribution >= 4 is 23.3 Å². The standard InChI is InChI=1S/C29H40N2O6/c1-36-18-37-28(14-4-5-15-28)26(34)27(35)29-16-6-9-22-24(33)19-10-11-20(25(29)31(22)29)17-30(23(32)13-12-19)21-7-2-3-8-21/h17,19,21-22,25H,2-16,18H2,1H3/b20-17+. The number of methoxy groups -OCH3 is 1. The van der Waals surface area contributed by atoms with Crippen LogP contribution in [0.4, 0.5) is 0 Å². The smallest absolute Gasteiger partial charge is 0.232 e. The highest BCUT2D eigenvalue weighted by Crippen LogP contribution is 2.58. The van der Waals surface area contributed by atoms with Crippen molar-refractivity contribution in [1.29, 1.82) is 0 Å². The summed E-state index contributed by atoms with van der Waals surface area (Å²) in [6, 6.07) is -0.437. The molecular formula is C29H40N2O6. The zero-order chi connectivity index (χ0) is 25.8. The first-order chi connectivity index (χ1) is 17.9. The maximum Gasteiger partial charge on any atom is 0.232 e. The number of piperidine rings is 1. The van der Waals surface area contributed by atoms with Crippen LogP contribution in [0.1, 0.15) is 96.3 Å². The molecule has 202 valence electrons. The predicted molar refractivity (Wildman–Crippen MR) is 134 cm³/mol. The molecular weight excluding hydrogens is 472 g/mol. The van der Waals surface area contributed by atoms with Gasteiger partial charge in [-0.05, 0) is 82.6 Å². The van der Waals surface area contributed by atoms with E-state index >= 15 is 0 Å². The predicted octanol–water partition coefficient (Wildman–Crippen LogP) is 3.46. The van der Waals surface area contributed by atoms with Crippen LogP contribution < -0.4 is 0 Å². The van der Waals surface area contributed by atoms with Gasteiger partial charge in [0.2, 0.25) is 17.5 Å². The molecule has 4 aliphatic heterocycles. The van der Waals surface area contributed by atoms with Gasteiger partial charge in [-0.2, -0.15) is 0 Å². The number of carbonyl (C=O) groups excluding carboxylic acids is 4. The van der Waals surface area contributed by atoms with E-state index in [0.717, 1.165) is 56.9 Å². The van der Waals surface area contributed by atoms with Gasteiger partial charge in [0, 0.05) is 31.7 Å². The molecule has 5 fully saturated rings. The van der Waals surface area contributed by atoms with Gasteiger partial charge < -0.3 is 14.4 Å². The van der Waals surface area contributed by atoms with Crippen molar-refractivity contribution in [1.82, 2.24) is 9.80 Å². The number of nitrogens with zero attached hydrogens (tertiary/aromatic N) is 2. The zero-order valence-electron chi connectivity index (χ0n) is 22.0. The maximum atomic E-state index is 14.3. The number of hydrogen-bond donors (Lipinski definition) is 0. The number of ketones is 3. The molecule has 3 saturated heterocycles. The third-order valence-corrected chi connectivity index (χ3v) is 10.3. The highest BCUT2D eigenvalue weighted by Gasteiger charge is 2.75. The highest BCUT2D eigenvalue weighted by atomic mass is 16.7. The van der Waals surface area contributed by atoms with E-state index in [4.69, 9.17) is 9.47 Å². The van der Waals surface area contributed by atoms with Gasteiger partial charge in [0.1, 0.15) is 17.9 Å². The Balaban J connectivity index is 1.39. The first kappa shape index (κ1) is 25.4. The van der Waals surface area contributed by atoms with Gasteiger partial charge in [0.15, 0.2) is 5.78 Å². The second-order valence-electron chi connectivity index (χ2n) is 12.2. The van der Waals surface area contributed by atoms with Crippen LogP contribution in [0.3, 0.4) is 0 Å². The maximum absolute atomic E-state index is 14.3. The third-order valence-electron chi connectivity index (χ3n) is 10.3. The second-order valence-corrected chi connectivity index (χ2v) is 12.2. The molecule has 2 saturated carbocycles. The lowest BCUT2D eigenvalue weighted by Gasteiger charge is -2.33. The fourth-order valence-corrected chi connectivity index (χ4v) is 8.34. The summed E-state index contributed by atoms with van der Waals surface area (Å²) in [6.07, 6.45) is 13.4. The molecule has 0 aromatic rings. The lowest BCUT2D eigenvalue weighted by molar-refractivity contribution is -0.167. The third kappa shape index (κ3) is 3.97. The van der Waals surface area contributed by atoms with E-state index in [1.165, 1.54) is 7.11 Å². The molecule has 0 radical (unpaired) electrons. The molecule has 4 heterocycles. The summed E-state index contributed by atoms with van der Waals surface area (Å²) in [4.78, 5) is 59.4. The molecule has 6 aliphatic rings. The van der Waals surface area contributed by atoms with Gasteiger partial charge >= 0.3 is 0 Å². The van der Waals surface area contributed by atoms with Gasteiger partial charge in [0.25, 0.3) is 0 Å². The van der Waals surface area contributed by atoms with E-state index in [2.05, 4.69) is 4.90 Å². The number of rotatable bonds is 7. The number of carbonyl (C=O) groups is 4. The fraction of sp³-hybridized carbons (Fsp3) is 0.793. The summed E-state index contributed by atoms with van der Waals surface area (Å²) in [5.41, 5.74) is -1.04. The molecule has 8 heteroatoms. The summed E-state index contributed by atoms with van der Waals surface area (Å²) in [6.45, 7) is -0.0223. The number of amides is 1. The van der Waals surface area contributed by atoms with Crippen molar-refractivity contribution in [2.24, 2.45) is 5.92 Å². The Morgan fingerprint density at radius 1 is 0.919 bits per heavy atom. The minimum absolute atomic E-state index is 0.0223. The van der Waals surface area contributed by atoms with Crippen LogP contribution in [-0.4, -0.2) is 76.2 Å². The van der Waals surface area contributed by atoms with Gasteiger partial charge in [0.05, 0.1) is 12.1 Å². The summed E-state index contributed by atoms with van der Waals surface area (Å²) in [5, 5.41) is 0. The molecule has 6 rings (SSSR count). The van der Waals surface area contributed by atoms with E-state index in [-0.39, 0.29) is 42.5 Å². The van der Waals surface area contributed by atoms with Crippen molar-refractivity contribution in [2.75, 3.05) is 13.9 Å². The SMILES string of the molecule is COCOC1(C(=O)C(=O)C23CCCC4C(=O)C5CCC(=O)N(C6CCCC6)/C=C(\CC5)C2N43)CCCC1. The summed E-state index contributed by atoms with van der Waals surface area (Å²) >= 11 is 0. The Morgan fingerprint density at radius 3 is 2.38 bits per heavy atom. The number of ether oxygens (including phenoxy) is 2. The van der Waals surface area contributed by atoms with E-state index < -0.39 is 22.7 Å². The average molecular weight is 513 g/mol. The minimum Gasteiger partial charge on any atom is -0.359 e. The van der Waals surface area contributed by atoms with Crippen molar-refractivity contribution < 1.29 is 28.7 Å². The largest absolute Gasteiger partial charge is 0.359 e. The molecule has 0 aromatic heterocycles. The van der Waals surface area contributed by atoms with Crippen LogP contribution >= 0.6 is 0 Å². The number of Topliss-reactive ketones (excluding diaryl/α,β-unsaturated/α-hetero) is 3. The monoisotopic (exact) mass is 512 g/mol. The Labute approximate surface area is 219 Å². The molecule has 5 unspecified atom stereocenters. The van der Waals surface area contributed by atoms with Crippen LogP contribution in [0, 0.1) is 5.92 Å². The Kier molecular flexibility index (Phi) is 6.65. The number of fused-ring (bicyclic) bond motifs is 5. The van der Waals surface area contributed by atoms with Gasteiger partial charge in [-0.25, -0.2) is 0 Å². The molecule has 0 spiro atoms. The quantitative estimate of drug-likeness (QED) is 0.293. The first-order valence-corrected chi connectivity index (χ1v) is 14.5. The van der Waals surface area contributed by atoms with Crippen LogP contribution in [0.5, 0.6) is 0 Å². The van der Waals surface area contributed by atoms with E-state index in [1.54, 1.807) is 0 Å². The molecule has 8 nitrogen and oxygen atoms in total. The van der Waals surface area contributed by atoms with Gasteiger partial charge in [-0.15, -0.1) is 0 Å². The minimum atomic E-state index is -1.12. The van der Waals surface area contributed by atoms with Crippen molar-refractivity contribution in [2.45, 2.75) is 126 Å². The summed E-state index contributed by atoms with van der Waals surface area (Å²) in [5.74, 6) is -0.756. The molecule has 0 N–H and O–H groups in total. The Morgan fingerprint density at radius 2 is 1.65 bits per heavy atom. The van der Waals surface area contributed by atoms with E-state index in [0.29, 0.717) is 44.9 Å². The van der Waals surface area contributed by atoms with E-state index in [9.17, 15) is 19.2 Å². The fourth-order valence-electron chi connectivity index (χ4n) is 8.34. The Bertz CT molecular complexity index is 1010. The van der Waals surface area contributed by atoms with Crippen LogP contribution in [0.15, 0.2) is 11.8 Å². The molecule has 2 aliphatic carbocycles. The molecule has 1 amide bonds. The Hall–Kier alpha value is -1.90. The lowest BCUT2D eigenvalue weighted by atomic mass is 9.80. The van der Waals surface area contributed by atoms with Crippen molar-refractivity contribution in [3.05, 3.63) is 11.8 Å². The number of hydrogen-bond acceptors (Lipinski definition) is 7. The first-order valence-electron chi connectivity index (χ1n) is 14.5. The van der Waals surface area contributed by atoms with Crippen molar-refractivity contribution in [3.63, 3.8) is 0 Å². The van der Waals surface area contributed by atoms with Crippen LogP contribution in [-0.2, 0) is 28.7 Å². The van der Waals surface area contributed by atoms with Crippen molar-refractivity contribution in [3.8, 4) is 0 Å². The van der Waals surface area contributed by atoms with Gasteiger partial charge in [-0.1, -0.05) is 12.8 Å². The highest BCUT2D eigenvalue weighted by molar-refractivity contribution is 6.44. The topological polar surface area (TPSA) is 93.0 Å². The molecule has 0 aromatic carbocycles. The van der Waals surface area contributed by atoms with Gasteiger partial charge in [-0.3, -0.25) is 24.1 Å². The normalized spacial score (nSPS) is 38.6. The lowest BCUT2D eigenvalue weighted by Crippen LogP contribution is -2.52. The molecule has 5 atom stereocenters. The molecule has 2 bridgehead atoms. The van der Waals surface area contributed by atoms with E-state index in [1.807, 2.05) is 11.1 Å². The van der Waals surface area contributed by atoms with Crippen LogP contribution in [0.25, 0.3) is 0 Å². The second kappa shape index (κ2) is 9.69. The zero-order valence-corrected chi connectivity index (χ0v) is 22.0.